The Hall–Kier alpha value is -2.58. The summed E-state index contributed by atoms with van der Waals surface area (Å²) in [5, 5.41) is 8.72. The zero-order valence-corrected chi connectivity index (χ0v) is 14.3. The molecule has 9 heteroatoms. The number of carboxylic acid groups (broad SMARTS) is 1. The predicted octanol–water partition coefficient (Wildman–Crippen LogP) is 2.16. The van der Waals surface area contributed by atoms with Crippen molar-refractivity contribution in [3.05, 3.63) is 35.4 Å². The Bertz CT molecular complexity index is 703. The number of carboxylic acids is 1. The number of hydrogen-bond donors (Lipinski definition) is 1. The second-order valence-electron chi connectivity index (χ2n) is 6.28. The summed E-state index contributed by atoms with van der Waals surface area (Å²) < 4.78 is 38.2. The predicted molar refractivity (Wildman–Crippen MR) is 85.0 cm³/mol. The minimum absolute atomic E-state index is 0.0116. The summed E-state index contributed by atoms with van der Waals surface area (Å²) in [4.78, 5) is 37.9. The summed E-state index contributed by atoms with van der Waals surface area (Å²) in [6, 6.07) is 3.67. The van der Waals surface area contributed by atoms with Gasteiger partial charge in [0.2, 0.25) is 11.8 Å². The molecule has 2 atom stereocenters. The molecule has 142 valence electrons. The van der Waals surface area contributed by atoms with E-state index in [4.69, 9.17) is 5.11 Å². The topological polar surface area (TPSA) is 77.9 Å². The molecular formula is C17H19F3N2O4. The fourth-order valence-corrected chi connectivity index (χ4v) is 3.07. The molecule has 1 saturated heterocycles. The SMILES string of the molecule is CN(CCC(=O)O)C(=O)[C@H]1CC(=O)N(C)[C@@H]1c1ccc(C(F)(F)F)cc1. The van der Waals surface area contributed by atoms with Crippen molar-refractivity contribution in [1.29, 1.82) is 0 Å². The van der Waals surface area contributed by atoms with Gasteiger partial charge in [0.25, 0.3) is 0 Å². The first-order valence-corrected chi connectivity index (χ1v) is 7.92. The van der Waals surface area contributed by atoms with Gasteiger partial charge in [-0.15, -0.1) is 0 Å². The van der Waals surface area contributed by atoms with Gasteiger partial charge >= 0.3 is 12.1 Å². The van der Waals surface area contributed by atoms with E-state index < -0.39 is 35.6 Å². The van der Waals surface area contributed by atoms with Crippen LogP contribution in [0, 0.1) is 5.92 Å². The van der Waals surface area contributed by atoms with E-state index >= 15 is 0 Å². The summed E-state index contributed by atoms with van der Waals surface area (Å²) in [5.41, 5.74) is -0.383. The van der Waals surface area contributed by atoms with E-state index in [2.05, 4.69) is 0 Å². The molecule has 0 bridgehead atoms. The Kier molecular flexibility index (Phi) is 5.58. The molecule has 26 heavy (non-hydrogen) atoms. The molecule has 0 aliphatic carbocycles. The number of aliphatic carboxylic acids is 1. The van der Waals surface area contributed by atoms with Gasteiger partial charge < -0.3 is 14.9 Å². The average Bonchev–Trinajstić information content (AvgIpc) is 2.86. The molecule has 1 aliphatic heterocycles. The summed E-state index contributed by atoms with van der Waals surface area (Å²) in [6.45, 7) is -0.0116. The standard InChI is InChI=1S/C17H19F3N2O4/c1-21(8-7-14(24)25)16(26)12-9-13(23)22(2)15(12)10-3-5-11(6-4-10)17(18,19)20/h3-6,12,15H,7-9H2,1-2H3,(H,24,25)/t12-,15+/m0/s1. The highest BCUT2D eigenvalue weighted by atomic mass is 19.4. The third-order valence-corrected chi connectivity index (χ3v) is 4.52. The molecule has 0 aromatic heterocycles. The first-order valence-electron chi connectivity index (χ1n) is 7.92. The maximum absolute atomic E-state index is 12.7. The molecule has 1 N–H and O–H groups in total. The minimum Gasteiger partial charge on any atom is -0.481 e. The third-order valence-electron chi connectivity index (χ3n) is 4.52. The molecule has 6 nitrogen and oxygen atoms in total. The summed E-state index contributed by atoms with van der Waals surface area (Å²) in [6.07, 6.45) is -4.77. The Morgan fingerprint density at radius 3 is 2.35 bits per heavy atom. The molecule has 0 unspecified atom stereocenters. The van der Waals surface area contributed by atoms with Crippen molar-refractivity contribution in [2.45, 2.75) is 25.1 Å². The van der Waals surface area contributed by atoms with E-state index in [1.807, 2.05) is 0 Å². The highest BCUT2D eigenvalue weighted by Gasteiger charge is 2.44. The van der Waals surface area contributed by atoms with Crippen LogP contribution in [-0.2, 0) is 20.6 Å². The zero-order chi connectivity index (χ0) is 19.6. The lowest BCUT2D eigenvalue weighted by Gasteiger charge is -2.28. The van der Waals surface area contributed by atoms with Crippen molar-refractivity contribution in [2.75, 3.05) is 20.6 Å². The second kappa shape index (κ2) is 7.35. The molecule has 0 saturated carbocycles. The lowest BCUT2D eigenvalue weighted by atomic mass is 9.92. The first-order chi connectivity index (χ1) is 12.0. The van der Waals surface area contributed by atoms with Gasteiger partial charge in [-0.05, 0) is 17.7 Å². The van der Waals surface area contributed by atoms with Crippen LogP contribution in [0.5, 0.6) is 0 Å². The van der Waals surface area contributed by atoms with Crippen molar-refractivity contribution in [3.63, 3.8) is 0 Å². The van der Waals surface area contributed by atoms with Crippen LogP contribution < -0.4 is 0 Å². The Labute approximate surface area is 148 Å². The van der Waals surface area contributed by atoms with Gasteiger partial charge in [-0.25, -0.2) is 0 Å². The lowest BCUT2D eigenvalue weighted by molar-refractivity contribution is -0.140. The molecule has 1 fully saturated rings. The average molecular weight is 372 g/mol. The summed E-state index contributed by atoms with van der Waals surface area (Å²) in [5.74, 6) is -2.53. The Morgan fingerprint density at radius 2 is 1.85 bits per heavy atom. The third kappa shape index (κ3) is 4.14. The van der Waals surface area contributed by atoms with Gasteiger partial charge in [0, 0.05) is 27.1 Å². The monoisotopic (exact) mass is 372 g/mol. The highest BCUT2D eigenvalue weighted by molar-refractivity contribution is 5.90. The number of alkyl halides is 3. The lowest BCUT2D eigenvalue weighted by Crippen LogP contribution is -2.37. The van der Waals surface area contributed by atoms with Crippen LogP contribution in [-0.4, -0.2) is 53.3 Å². The molecule has 1 aromatic carbocycles. The second-order valence-corrected chi connectivity index (χ2v) is 6.28. The van der Waals surface area contributed by atoms with Crippen molar-refractivity contribution >= 4 is 17.8 Å². The van der Waals surface area contributed by atoms with Gasteiger partial charge in [0.05, 0.1) is 23.9 Å². The van der Waals surface area contributed by atoms with Crippen LogP contribution in [0.1, 0.15) is 30.0 Å². The maximum Gasteiger partial charge on any atom is 0.416 e. The maximum atomic E-state index is 12.7. The van der Waals surface area contributed by atoms with Gasteiger partial charge in [-0.1, -0.05) is 12.1 Å². The smallest absolute Gasteiger partial charge is 0.416 e. The van der Waals surface area contributed by atoms with Gasteiger partial charge in [-0.2, -0.15) is 13.2 Å². The quantitative estimate of drug-likeness (QED) is 0.859. The Morgan fingerprint density at radius 1 is 1.27 bits per heavy atom. The van der Waals surface area contributed by atoms with Crippen molar-refractivity contribution < 1.29 is 32.7 Å². The number of halogens is 3. The summed E-state index contributed by atoms with van der Waals surface area (Å²) >= 11 is 0. The number of hydrogen-bond acceptors (Lipinski definition) is 3. The van der Waals surface area contributed by atoms with E-state index in [0.717, 1.165) is 12.1 Å². The van der Waals surface area contributed by atoms with Gasteiger partial charge in [-0.3, -0.25) is 14.4 Å². The molecule has 1 aliphatic rings. The molecule has 0 spiro atoms. The number of rotatable bonds is 5. The van der Waals surface area contributed by atoms with Crippen molar-refractivity contribution in [1.82, 2.24) is 9.80 Å². The molecule has 1 aromatic rings. The van der Waals surface area contributed by atoms with Gasteiger partial charge in [0.15, 0.2) is 0 Å². The number of carbonyl (C=O) groups excluding carboxylic acids is 2. The fraction of sp³-hybridized carbons (Fsp3) is 0.471. The van der Waals surface area contributed by atoms with E-state index in [-0.39, 0.29) is 25.3 Å². The molecule has 2 rings (SSSR count). The molecular weight excluding hydrogens is 353 g/mol. The van der Waals surface area contributed by atoms with E-state index in [0.29, 0.717) is 5.56 Å². The molecule has 0 radical (unpaired) electrons. The van der Waals surface area contributed by atoms with E-state index in [9.17, 15) is 27.6 Å². The highest BCUT2D eigenvalue weighted by Crippen LogP contribution is 2.39. The largest absolute Gasteiger partial charge is 0.481 e. The minimum atomic E-state index is -4.47. The summed E-state index contributed by atoms with van der Waals surface area (Å²) in [7, 11) is 2.94. The Balaban J connectivity index is 2.25. The van der Waals surface area contributed by atoms with Crippen LogP contribution >= 0.6 is 0 Å². The normalized spacial score (nSPS) is 20.3. The van der Waals surface area contributed by atoms with Crippen LogP contribution in [0.2, 0.25) is 0 Å². The molecule has 1 heterocycles. The number of carbonyl (C=O) groups is 3. The van der Waals surface area contributed by atoms with E-state index in [1.165, 1.54) is 36.0 Å². The van der Waals surface area contributed by atoms with Crippen LogP contribution in [0.25, 0.3) is 0 Å². The first kappa shape index (κ1) is 19.7. The van der Waals surface area contributed by atoms with Crippen LogP contribution in [0.3, 0.4) is 0 Å². The van der Waals surface area contributed by atoms with Gasteiger partial charge in [0.1, 0.15) is 0 Å². The fourth-order valence-electron chi connectivity index (χ4n) is 3.07. The van der Waals surface area contributed by atoms with Crippen LogP contribution in [0.15, 0.2) is 24.3 Å². The number of likely N-dealkylation sites (tertiary alicyclic amines) is 1. The van der Waals surface area contributed by atoms with Crippen molar-refractivity contribution in [3.8, 4) is 0 Å². The zero-order valence-electron chi connectivity index (χ0n) is 14.3. The van der Waals surface area contributed by atoms with Crippen molar-refractivity contribution in [2.24, 2.45) is 5.92 Å². The molecule has 2 amide bonds. The number of benzene rings is 1. The number of nitrogens with zero attached hydrogens (tertiary/aromatic N) is 2. The van der Waals surface area contributed by atoms with E-state index in [1.54, 1.807) is 0 Å². The number of amides is 2. The van der Waals surface area contributed by atoms with Crippen LogP contribution in [0.4, 0.5) is 13.2 Å².